The van der Waals surface area contributed by atoms with Crippen LogP contribution < -0.4 is 16.4 Å². The second kappa shape index (κ2) is 7.50. The number of nitrogens with one attached hydrogen (secondary N) is 2. The van der Waals surface area contributed by atoms with Crippen molar-refractivity contribution >= 4 is 11.9 Å². The Kier molecular flexibility index (Phi) is 5.98. The Hall–Kier alpha value is -1.92. The maximum atomic E-state index is 11.7. The van der Waals surface area contributed by atoms with Crippen LogP contribution in [0.1, 0.15) is 15.9 Å². The molecule has 0 aliphatic rings. The van der Waals surface area contributed by atoms with E-state index in [-0.39, 0.29) is 12.5 Å². The van der Waals surface area contributed by atoms with E-state index < -0.39 is 12.0 Å². The lowest BCUT2D eigenvalue weighted by molar-refractivity contribution is -0.139. The van der Waals surface area contributed by atoms with Crippen LogP contribution >= 0.6 is 0 Å². The average molecular weight is 265 g/mol. The summed E-state index contributed by atoms with van der Waals surface area (Å²) in [6, 6.07) is 6.44. The van der Waals surface area contributed by atoms with E-state index in [1.54, 1.807) is 12.1 Å². The predicted molar refractivity (Wildman–Crippen MR) is 72.0 cm³/mol. The monoisotopic (exact) mass is 265 g/mol. The lowest BCUT2D eigenvalue weighted by Crippen LogP contribution is -2.45. The summed E-state index contributed by atoms with van der Waals surface area (Å²) in [6.45, 7) is 2.66. The van der Waals surface area contributed by atoms with Crippen molar-refractivity contribution in [1.29, 1.82) is 0 Å². The van der Waals surface area contributed by atoms with E-state index in [1.165, 1.54) is 0 Å². The molecule has 1 aromatic rings. The summed E-state index contributed by atoms with van der Waals surface area (Å²) in [5.41, 5.74) is 6.96. The molecule has 5 N–H and O–H groups in total. The fourth-order valence-corrected chi connectivity index (χ4v) is 1.50. The number of aryl methyl sites for hydroxylation is 1. The van der Waals surface area contributed by atoms with Crippen LogP contribution in [-0.4, -0.2) is 42.7 Å². The van der Waals surface area contributed by atoms with Gasteiger partial charge in [-0.1, -0.05) is 17.7 Å². The summed E-state index contributed by atoms with van der Waals surface area (Å²) in [7, 11) is 0. The molecule has 0 fully saturated rings. The highest BCUT2D eigenvalue weighted by Crippen LogP contribution is 2.02. The van der Waals surface area contributed by atoms with Gasteiger partial charge in [0.15, 0.2) is 0 Å². The highest BCUT2D eigenvalue weighted by molar-refractivity contribution is 5.94. The quantitative estimate of drug-likeness (QED) is 0.508. The van der Waals surface area contributed by atoms with E-state index in [9.17, 15) is 9.59 Å². The SMILES string of the molecule is Cc1ccc(C(=O)NCCNC(CN)C(=O)O)cc1. The van der Waals surface area contributed by atoms with E-state index in [0.29, 0.717) is 18.7 Å². The van der Waals surface area contributed by atoms with Crippen LogP contribution in [0.3, 0.4) is 0 Å². The normalized spacial score (nSPS) is 11.9. The van der Waals surface area contributed by atoms with Gasteiger partial charge < -0.3 is 21.5 Å². The minimum absolute atomic E-state index is 0.0151. The zero-order valence-electron chi connectivity index (χ0n) is 10.8. The minimum atomic E-state index is -0.993. The maximum absolute atomic E-state index is 11.7. The van der Waals surface area contributed by atoms with E-state index in [0.717, 1.165) is 5.56 Å². The fourth-order valence-electron chi connectivity index (χ4n) is 1.50. The van der Waals surface area contributed by atoms with Crippen molar-refractivity contribution in [1.82, 2.24) is 10.6 Å². The van der Waals surface area contributed by atoms with Crippen LogP contribution in [0.2, 0.25) is 0 Å². The molecule has 1 amide bonds. The first kappa shape index (κ1) is 15.1. The molecular weight excluding hydrogens is 246 g/mol. The third-order valence-electron chi connectivity index (χ3n) is 2.65. The van der Waals surface area contributed by atoms with Crippen molar-refractivity contribution in [2.75, 3.05) is 19.6 Å². The van der Waals surface area contributed by atoms with Crippen molar-refractivity contribution in [3.05, 3.63) is 35.4 Å². The molecule has 1 unspecified atom stereocenters. The number of nitrogens with two attached hydrogens (primary N) is 1. The summed E-state index contributed by atoms with van der Waals surface area (Å²) in [6.07, 6.45) is 0. The lowest BCUT2D eigenvalue weighted by atomic mass is 10.1. The third kappa shape index (κ3) is 5.07. The van der Waals surface area contributed by atoms with Crippen molar-refractivity contribution in [3.63, 3.8) is 0 Å². The Morgan fingerprint density at radius 2 is 1.89 bits per heavy atom. The molecule has 0 spiro atoms. The molecule has 0 aliphatic heterocycles. The number of hydrogen-bond donors (Lipinski definition) is 4. The zero-order chi connectivity index (χ0) is 14.3. The summed E-state index contributed by atoms with van der Waals surface area (Å²) in [5, 5.41) is 14.2. The second-order valence-electron chi connectivity index (χ2n) is 4.20. The van der Waals surface area contributed by atoms with Crippen molar-refractivity contribution in [2.24, 2.45) is 5.73 Å². The molecular formula is C13H19N3O3. The smallest absolute Gasteiger partial charge is 0.322 e. The molecule has 1 atom stereocenters. The molecule has 19 heavy (non-hydrogen) atoms. The standard InChI is InChI=1S/C13H19N3O3/c1-9-2-4-10(5-3-9)12(17)16-7-6-15-11(8-14)13(18)19/h2-5,11,15H,6-8,14H2,1H3,(H,16,17)(H,18,19). The third-order valence-corrected chi connectivity index (χ3v) is 2.65. The number of aliphatic carboxylic acids is 1. The zero-order valence-corrected chi connectivity index (χ0v) is 10.8. The Morgan fingerprint density at radius 1 is 1.26 bits per heavy atom. The summed E-state index contributed by atoms with van der Waals surface area (Å²) < 4.78 is 0. The van der Waals surface area contributed by atoms with Gasteiger partial charge >= 0.3 is 5.97 Å². The summed E-state index contributed by atoms with van der Waals surface area (Å²) in [4.78, 5) is 22.4. The number of amides is 1. The number of benzene rings is 1. The Bertz CT molecular complexity index is 431. The van der Waals surface area contributed by atoms with E-state index >= 15 is 0 Å². The molecule has 1 aromatic carbocycles. The molecule has 0 radical (unpaired) electrons. The van der Waals surface area contributed by atoms with Gasteiger partial charge in [0.25, 0.3) is 5.91 Å². The molecule has 6 nitrogen and oxygen atoms in total. The first-order chi connectivity index (χ1) is 9.04. The Balaban J connectivity index is 2.31. The second-order valence-corrected chi connectivity index (χ2v) is 4.20. The lowest BCUT2D eigenvalue weighted by Gasteiger charge is -2.12. The van der Waals surface area contributed by atoms with E-state index in [1.807, 2.05) is 19.1 Å². The van der Waals surface area contributed by atoms with E-state index in [4.69, 9.17) is 10.8 Å². The molecule has 1 rings (SSSR count). The Morgan fingerprint density at radius 3 is 2.42 bits per heavy atom. The molecule has 0 saturated heterocycles. The highest BCUT2D eigenvalue weighted by atomic mass is 16.4. The van der Waals surface area contributed by atoms with Gasteiger partial charge in [0.05, 0.1) is 0 Å². The van der Waals surface area contributed by atoms with Crippen LogP contribution in [0, 0.1) is 6.92 Å². The average Bonchev–Trinajstić information content (AvgIpc) is 2.38. The molecule has 6 heteroatoms. The Labute approximate surface area is 112 Å². The number of rotatable bonds is 7. The predicted octanol–water partition coefficient (Wildman–Crippen LogP) is -0.274. The van der Waals surface area contributed by atoms with Crippen LogP contribution in [0.15, 0.2) is 24.3 Å². The van der Waals surface area contributed by atoms with Crippen molar-refractivity contribution in [2.45, 2.75) is 13.0 Å². The van der Waals surface area contributed by atoms with Gasteiger partial charge in [0.2, 0.25) is 0 Å². The van der Waals surface area contributed by atoms with Gasteiger partial charge in [0.1, 0.15) is 6.04 Å². The van der Waals surface area contributed by atoms with Crippen LogP contribution in [0.4, 0.5) is 0 Å². The maximum Gasteiger partial charge on any atom is 0.322 e. The molecule has 0 aromatic heterocycles. The van der Waals surface area contributed by atoms with Gasteiger partial charge in [0, 0.05) is 25.2 Å². The largest absolute Gasteiger partial charge is 0.480 e. The number of carboxylic acids is 1. The number of carbonyl (C=O) groups excluding carboxylic acids is 1. The van der Waals surface area contributed by atoms with Crippen molar-refractivity contribution < 1.29 is 14.7 Å². The van der Waals surface area contributed by atoms with Gasteiger partial charge in [-0.2, -0.15) is 0 Å². The number of carboxylic acid groups (broad SMARTS) is 1. The molecule has 0 heterocycles. The molecule has 104 valence electrons. The molecule has 0 saturated carbocycles. The summed E-state index contributed by atoms with van der Waals surface area (Å²) >= 11 is 0. The topological polar surface area (TPSA) is 104 Å². The van der Waals surface area contributed by atoms with Gasteiger partial charge in [-0.05, 0) is 19.1 Å². The summed E-state index contributed by atoms with van der Waals surface area (Å²) in [5.74, 6) is -1.17. The highest BCUT2D eigenvalue weighted by Gasteiger charge is 2.13. The van der Waals surface area contributed by atoms with Crippen LogP contribution in [-0.2, 0) is 4.79 Å². The van der Waals surface area contributed by atoms with Crippen LogP contribution in [0.25, 0.3) is 0 Å². The van der Waals surface area contributed by atoms with Crippen molar-refractivity contribution in [3.8, 4) is 0 Å². The first-order valence-electron chi connectivity index (χ1n) is 6.05. The number of hydrogen-bond acceptors (Lipinski definition) is 4. The fraction of sp³-hybridized carbons (Fsp3) is 0.385. The minimum Gasteiger partial charge on any atom is -0.480 e. The molecule has 0 bridgehead atoms. The number of carbonyl (C=O) groups is 2. The molecule has 0 aliphatic carbocycles. The van der Waals surface area contributed by atoms with Gasteiger partial charge in [-0.15, -0.1) is 0 Å². The van der Waals surface area contributed by atoms with Crippen LogP contribution in [0.5, 0.6) is 0 Å². The van der Waals surface area contributed by atoms with E-state index in [2.05, 4.69) is 10.6 Å². The first-order valence-corrected chi connectivity index (χ1v) is 6.05. The van der Waals surface area contributed by atoms with Gasteiger partial charge in [-0.3, -0.25) is 9.59 Å². The van der Waals surface area contributed by atoms with Gasteiger partial charge in [-0.25, -0.2) is 0 Å².